The third-order valence-electron chi connectivity index (χ3n) is 2.84. The van der Waals surface area contributed by atoms with E-state index in [9.17, 15) is 0 Å². The summed E-state index contributed by atoms with van der Waals surface area (Å²) in [4.78, 5) is 12.6. The Labute approximate surface area is 136 Å². The summed E-state index contributed by atoms with van der Waals surface area (Å²) in [5.74, 6) is 0.684. The molecule has 0 saturated heterocycles. The number of aromatic nitrogens is 2. The van der Waals surface area contributed by atoms with Crippen molar-refractivity contribution in [3.8, 4) is 0 Å². The molecule has 0 saturated carbocycles. The molecular formula is C15H14ClN3S2. The van der Waals surface area contributed by atoms with Gasteiger partial charge in [-0.1, -0.05) is 23.4 Å². The smallest absolute Gasteiger partial charge is 0.225 e. The van der Waals surface area contributed by atoms with Crippen molar-refractivity contribution >= 4 is 50.9 Å². The molecule has 2 heterocycles. The van der Waals surface area contributed by atoms with Crippen LogP contribution in [0.2, 0.25) is 5.02 Å². The first-order valence-corrected chi connectivity index (χ1v) is 8.62. The SMILES string of the molecule is CCNc1nc(Sc2ccc(Cl)cc2)c2cc(C)sc2n1. The Hall–Kier alpha value is -1.30. The van der Waals surface area contributed by atoms with Gasteiger partial charge in [0.25, 0.3) is 0 Å². The Morgan fingerprint density at radius 2 is 2.00 bits per heavy atom. The maximum atomic E-state index is 5.94. The monoisotopic (exact) mass is 335 g/mol. The number of nitrogens with zero attached hydrogens (tertiary/aromatic N) is 2. The number of anilines is 1. The Kier molecular flexibility index (Phi) is 4.33. The van der Waals surface area contributed by atoms with Gasteiger partial charge in [-0.25, -0.2) is 9.97 Å². The van der Waals surface area contributed by atoms with Crippen molar-refractivity contribution in [1.29, 1.82) is 0 Å². The van der Waals surface area contributed by atoms with Gasteiger partial charge in [-0.2, -0.15) is 0 Å². The van der Waals surface area contributed by atoms with Gasteiger partial charge in [0.15, 0.2) is 0 Å². The van der Waals surface area contributed by atoms with E-state index < -0.39 is 0 Å². The van der Waals surface area contributed by atoms with Gasteiger partial charge in [0.05, 0.1) is 0 Å². The lowest BCUT2D eigenvalue weighted by Crippen LogP contribution is -2.02. The van der Waals surface area contributed by atoms with Gasteiger partial charge in [-0.05, 0) is 44.2 Å². The predicted octanol–water partition coefficient (Wildman–Crippen LogP) is 5.24. The van der Waals surface area contributed by atoms with E-state index in [2.05, 4.69) is 28.3 Å². The second kappa shape index (κ2) is 6.22. The molecule has 0 bridgehead atoms. The van der Waals surface area contributed by atoms with Crippen LogP contribution in [0.4, 0.5) is 5.95 Å². The Balaban J connectivity index is 2.04. The largest absolute Gasteiger partial charge is 0.354 e. The Morgan fingerprint density at radius 3 is 2.71 bits per heavy atom. The van der Waals surface area contributed by atoms with E-state index in [1.807, 2.05) is 31.2 Å². The maximum absolute atomic E-state index is 5.94. The van der Waals surface area contributed by atoms with E-state index in [4.69, 9.17) is 11.6 Å². The minimum Gasteiger partial charge on any atom is -0.354 e. The van der Waals surface area contributed by atoms with Crippen molar-refractivity contribution in [3.63, 3.8) is 0 Å². The second-order valence-corrected chi connectivity index (χ2v) is 7.25. The summed E-state index contributed by atoms with van der Waals surface area (Å²) in [6.07, 6.45) is 0. The van der Waals surface area contributed by atoms with Crippen LogP contribution in [-0.2, 0) is 0 Å². The molecule has 0 aliphatic carbocycles. The van der Waals surface area contributed by atoms with Gasteiger partial charge in [0.2, 0.25) is 5.95 Å². The fourth-order valence-electron chi connectivity index (χ4n) is 1.95. The molecule has 1 N–H and O–H groups in total. The summed E-state index contributed by atoms with van der Waals surface area (Å²) in [7, 11) is 0. The number of fused-ring (bicyclic) bond motifs is 1. The topological polar surface area (TPSA) is 37.8 Å². The quantitative estimate of drug-likeness (QED) is 0.662. The summed E-state index contributed by atoms with van der Waals surface area (Å²) in [6.45, 7) is 4.94. The van der Waals surface area contributed by atoms with Gasteiger partial charge < -0.3 is 5.32 Å². The predicted molar refractivity (Wildman–Crippen MR) is 91.9 cm³/mol. The number of halogens is 1. The summed E-state index contributed by atoms with van der Waals surface area (Å²) < 4.78 is 0. The van der Waals surface area contributed by atoms with Crippen LogP contribution in [0.25, 0.3) is 10.2 Å². The number of hydrogen-bond acceptors (Lipinski definition) is 5. The highest BCUT2D eigenvalue weighted by Crippen LogP contribution is 2.36. The maximum Gasteiger partial charge on any atom is 0.225 e. The first-order valence-electron chi connectivity index (χ1n) is 6.61. The van der Waals surface area contributed by atoms with Crippen LogP contribution in [0, 0.1) is 6.92 Å². The summed E-state index contributed by atoms with van der Waals surface area (Å²) >= 11 is 9.27. The van der Waals surface area contributed by atoms with Crippen LogP contribution < -0.4 is 5.32 Å². The van der Waals surface area contributed by atoms with Crippen LogP contribution in [-0.4, -0.2) is 16.5 Å². The van der Waals surface area contributed by atoms with Crippen molar-refractivity contribution in [2.24, 2.45) is 0 Å². The van der Waals surface area contributed by atoms with Gasteiger partial charge >= 0.3 is 0 Å². The number of aryl methyl sites for hydroxylation is 1. The van der Waals surface area contributed by atoms with Crippen LogP contribution in [0.5, 0.6) is 0 Å². The molecule has 3 aromatic rings. The van der Waals surface area contributed by atoms with Crippen LogP contribution in [0.3, 0.4) is 0 Å². The molecule has 0 spiro atoms. The van der Waals surface area contributed by atoms with Gasteiger partial charge in [0.1, 0.15) is 9.86 Å². The first-order chi connectivity index (χ1) is 10.2. The fraction of sp³-hybridized carbons (Fsp3) is 0.200. The number of rotatable bonds is 4. The van der Waals surface area contributed by atoms with Crippen molar-refractivity contribution in [3.05, 3.63) is 40.2 Å². The second-order valence-electron chi connectivity index (χ2n) is 4.51. The zero-order valence-corrected chi connectivity index (χ0v) is 14.1. The lowest BCUT2D eigenvalue weighted by Gasteiger charge is -2.06. The van der Waals surface area contributed by atoms with Gasteiger partial charge in [-0.3, -0.25) is 0 Å². The average molecular weight is 336 g/mol. The van der Waals surface area contributed by atoms with Gasteiger partial charge in [0, 0.05) is 26.7 Å². The Morgan fingerprint density at radius 1 is 1.24 bits per heavy atom. The van der Waals surface area contributed by atoms with Gasteiger partial charge in [-0.15, -0.1) is 11.3 Å². The highest BCUT2D eigenvalue weighted by molar-refractivity contribution is 7.99. The number of nitrogens with one attached hydrogen (secondary N) is 1. The molecule has 3 nitrogen and oxygen atoms in total. The van der Waals surface area contributed by atoms with E-state index in [1.54, 1.807) is 23.1 Å². The normalized spacial score (nSPS) is 11.0. The molecule has 108 valence electrons. The van der Waals surface area contributed by atoms with E-state index in [-0.39, 0.29) is 0 Å². The molecule has 0 atom stereocenters. The molecule has 0 aliphatic rings. The van der Waals surface area contributed by atoms with Crippen molar-refractivity contribution in [2.75, 3.05) is 11.9 Å². The van der Waals surface area contributed by atoms with E-state index >= 15 is 0 Å². The van der Waals surface area contributed by atoms with Crippen molar-refractivity contribution < 1.29 is 0 Å². The molecule has 0 aliphatic heterocycles. The molecule has 0 fully saturated rings. The van der Waals surface area contributed by atoms with Crippen LogP contribution >= 0.6 is 34.7 Å². The molecule has 6 heteroatoms. The van der Waals surface area contributed by atoms with E-state index in [0.717, 1.165) is 31.7 Å². The molecule has 2 aromatic heterocycles. The Bertz CT molecular complexity index is 768. The van der Waals surface area contributed by atoms with Crippen molar-refractivity contribution in [2.45, 2.75) is 23.8 Å². The molecule has 0 unspecified atom stereocenters. The van der Waals surface area contributed by atoms with E-state index in [0.29, 0.717) is 5.95 Å². The summed E-state index contributed by atoms with van der Waals surface area (Å²) in [6, 6.07) is 9.95. The zero-order chi connectivity index (χ0) is 14.8. The molecule has 0 radical (unpaired) electrons. The third-order valence-corrected chi connectivity index (χ3v) is 5.05. The lowest BCUT2D eigenvalue weighted by molar-refractivity contribution is 1.06. The van der Waals surface area contributed by atoms with Crippen molar-refractivity contribution in [1.82, 2.24) is 9.97 Å². The fourth-order valence-corrected chi connectivity index (χ4v) is 3.91. The first kappa shape index (κ1) is 14.6. The molecule has 3 rings (SSSR count). The highest BCUT2D eigenvalue weighted by Gasteiger charge is 2.11. The summed E-state index contributed by atoms with van der Waals surface area (Å²) in [5, 5.41) is 6.02. The molecular weight excluding hydrogens is 322 g/mol. The van der Waals surface area contributed by atoms with Crippen LogP contribution in [0.1, 0.15) is 11.8 Å². The molecule has 0 amide bonds. The van der Waals surface area contributed by atoms with Crippen LogP contribution in [0.15, 0.2) is 40.3 Å². The summed E-state index contributed by atoms with van der Waals surface area (Å²) in [5.41, 5.74) is 0. The molecule has 21 heavy (non-hydrogen) atoms. The molecule has 1 aromatic carbocycles. The highest BCUT2D eigenvalue weighted by atomic mass is 35.5. The number of thiophene rings is 1. The average Bonchev–Trinajstić information content (AvgIpc) is 2.82. The minimum atomic E-state index is 0.684. The minimum absolute atomic E-state index is 0.684. The third kappa shape index (κ3) is 3.31. The lowest BCUT2D eigenvalue weighted by atomic mass is 10.4. The number of benzene rings is 1. The number of hydrogen-bond donors (Lipinski definition) is 1. The van der Waals surface area contributed by atoms with E-state index in [1.165, 1.54) is 4.88 Å². The zero-order valence-electron chi connectivity index (χ0n) is 11.7. The standard InChI is InChI=1S/C15H14ClN3S2/c1-3-17-15-18-13-12(8-9(2)20-13)14(19-15)21-11-6-4-10(16)5-7-11/h4-8H,3H2,1-2H3,(H,17,18,19).